The summed E-state index contributed by atoms with van der Waals surface area (Å²) >= 11 is 0. The lowest BCUT2D eigenvalue weighted by molar-refractivity contribution is 0.476. The molecule has 102 valence electrons. The summed E-state index contributed by atoms with van der Waals surface area (Å²) in [6.07, 6.45) is 0. The SMILES string of the molecule is CC.CC.Cc1cc2c(ccc3cc(O)ccc32)[nH]1. The molecule has 0 bridgehead atoms. The Bertz CT molecular complexity index is 653. The summed E-state index contributed by atoms with van der Waals surface area (Å²) in [5, 5.41) is 12.9. The fraction of sp³-hybridized carbons (Fsp3) is 0.294. The Hall–Kier alpha value is -1.96. The number of phenols is 1. The van der Waals surface area contributed by atoms with Crippen molar-refractivity contribution >= 4 is 21.7 Å². The minimum absolute atomic E-state index is 0.314. The van der Waals surface area contributed by atoms with E-state index in [1.807, 2.05) is 52.8 Å². The summed E-state index contributed by atoms with van der Waals surface area (Å²) in [5.74, 6) is 0.314. The van der Waals surface area contributed by atoms with E-state index in [2.05, 4.69) is 11.1 Å². The lowest BCUT2D eigenvalue weighted by Gasteiger charge is -2.00. The summed E-state index contributed by atoms with van der Waals surface area (Å²) < 4.78 is 0. The van der Waals surface area contributed by atoms with Gasteiger partial charge >= 0.3 is 0 Å². The Kier molecular flexibility index (Phi) is 5.43. The lowest BCUT2D eigenvalue weighted by Crippen LogP contribution is -1.74. The first-order valence-corrected chi connectivity index (χ1v) is 6.95. The van der Waals surface area contributed by atoms with Crippen LogP contribution in [0.4, 0.5) is 0 Å². The Morgan fingerprint density at radius 2 is 1.53 bits per heavy atom. The largest absolute Gasteiger partial charge is 0.508 e. The molecule has 3 aromatic rings. The number of hydrogen-bond acceptors (Lipinski definition) is 1. The van der Waals surface area contributed by atoms with Gasteiger partial charge < -0.3 is 10.1 Å². The van der Waals surface area contributed by atoms with Gasteiger partial charge in [0.1, 0.15) is 5.75 Å². The first kappa shape index (κ1) is 15.1. The molecule has 0 aliphatic carbocycles. The van der Waals surface area contributed by atoms with Gasteiger partial charge in [0.2, 0.25) is 0 Å². The molecular formula is C17H23NO. The summed E-state index contributed by atoms with van der Waals surface area (Å²) in [4.78, 5) is 3.30. The van der Waals surface area contributed by atoms with Gasteiger partial charge in [0.25, 0.3) is 0 Å². The quantitative estimate of drug-likeness (QED) is 0.556. The van der Waals surface area contributed by atoms with Crippen molar-refractivity contribution in [1.29, 1.82) is 0 Å². The average Bonchev–Trinajstić information content (AvgIpc) is 2.83. The predicted molar refractivity (Wildman–Crippen MR) is 84.9 cm³/mol. The standard InChI is InChI=1S/C13H11NO.2C2H6/c1-8-6-12-11-4-3-10(15)7-9(11)2-5-13(12)14-8;2*1-2/h2-7,14-15H,1H3;2*1-2H3. The van der Waals surface area contributed by atoms with E-state index in [4.69, 9.17) is 0 Å². The molecule has 0 saturated carbocycles. The van der Waals surface area contributed by atoms with Gasteiger partial charge in [-0.25, -0.2) is 0 Å². The maximum absolute atomic E-state index is 9.40. The molecule has 0 unspecified atom stereocenters. The molecule has 2 heteroatoms. The predicted octanol–water partition coefficient (Wildman–Crippen LogP) is 5.39. The molecule has 1 aromatic heterocycles. The highest BCUT2D eigenvalue weighted by Gasteiger charge is 2.03. The molecule has 0 spiro atoms. The van der Waals surface area contributed by atoms with Gasteiger partial charge in [-0.15, -0.1) is 0 Å². The number of benzene rings is 2. The molecule has 0 fully saturated rings. The van der Waals surface area contributed by atoms with Crippen molar-refractivity contribution < 1.29 is 5.11 Å². The van der Waals surface area contributed by atoms with E-state index in [9.17, 15) is 5.11 Å². The Labute approximate surface area is 115 Å². The highest BCUT2D eigenvalue weighted by molar-refractivity contribution is 6.07. The number of aromatic hydroxyl groups is 1. The van der Waals surface area contributed by atoms with Crippen LogP contribution < -0.4 is 0 Å². The number of hydrogen-bond donors (Lipinski definition) is 2. The van der Waals surface area contributed by atoms with Crippen molar-refractivity contribution in [3.8, 4) is 5.75 Å². The molecule has 0 radical (unpaired) electrons. The van der Waals surface area contributed by atoms with E-state index in [0.717, 1.165) is 16.6 Å². The van der Waals surface area contributed by atoms with E-state index >= 15 is 0 Å². The summed E-state index contributed by atoms with van der Waals surface area (Å²) in [7, 11) is 0. The smallest absolute Gasteiger partial charge is 0.116 e. The van der Waals surface area contributed by atoms with Gasteiger partial charge in [-0.1, -0.05) is 39.8 Å². The van der Waals surface area contributed by atoms with Crippen molar-refractivity contribution in [2.75, 3.05) is 0 Å². The van der Waals surface area contributed by atoms with Crippen LogP contribution in [0, 0.1) is 6.92 Å². The first-order valence-electron chi connectivity index (χ1n) is 6.95. The molecule has 0 saturated heterocycles. The number of fused-ring (bicyclic) bond motifs is 3. The number of aromatic nitrogens is 1. The van der Waals surface area contributed by atoms with E-state index in [0.29, 0.717) is 5.75 Å². The van der Waals surface area contributed by atoms with Crippen molar-refractivity contribution in [3.63, 3.8) is 0 Å². The molecule has 2 aromatic carbocycles. The number of H-pyrrole nitrogens is 1. The highest BCUT2D eigenvalue weighted by atomic mass is 16.3. The van der Waals surface area contributed by atoms with Crippen molar-refractivity contribution in [3.05, 3.63) is 42.1 Å². The Balaban J connectivity index is 0.000000415. The van der Waals surface area contributed by atoms with Gasteiger partial charge in [-0.05, 0) is 42.0 Å². The summed E-state index contributed by atoms with van der Waals surface area (Å²) in [6, 6.07) is 11.7. The molecule has 19 heavy (non-hydrogen) atoms. The highest BCUT2D eigenvalue weighted by Crippen LogP contribution is 2.28. The van der Waals surface area contributed by atoms with Crippen LogP contribution in [0.1, 0.15) is 33.4 Å². The van der Waals surface area contributed by atoms with Gasteiger partial charge in [-0.2, -0.15) is 0 Å². The molecule has 3 rings (SSSR count). The van der Waals surface area contributed by atoms with Crippen LogP contribution in [-0.4, -0.2) is 10.1 Å². The summed E-state index contributed by atoms with van der Waals surface area (Å²) in [5.41, 5.74) is 2.30. The normalized spacial score (nSPS) is 9.53. The molecule has 2 N–H and O–H groups in total. The van der Waals surface area contributed by atoms with Crippen LogP contribution in [0.5, 0.6) is 5.75 Å². The molecule has 1 heterocycles. The topological polar surface area (TPSA) is 36.0 Å². The number of nitrogens with one attached hydrogen (secondary N) is 1. The monoisotopic (exact) mass is 257 g/mol. The van der Waals surface area contributed by atoms with Crippen LogP contribution in [-0.2, 0) is 0 Å². The van der Waals surface area contributed by atoms with Gasteiger partial charge in [-0.3, -0.25) is 0 Å². The third-order valence-electron chi connectivity index (χ3n) is 2.74. The average molecular weight is 257 g/mol. The molecule has 0 amide bonds. The summed E-state index contributed by atoms with van der Waals surface area (Å²) in [6.45, 7) is 10.0. The first-order chi connectivity index (χ1) is 9.24. The number of rotatable bonds is 0. The molecular weight excluding hydrogens is 234 g/mol. The number of aryl methyl sites for hydroxylation is 1. The van der Waals surface area contributed by atoms with Crippen molar-refractivity contribution in [2.45, 2.75) is 34.6 Å². The zero-order chi connectivity index (χ0) is 14.4. The fourth-order valence-electron chi connectivity index (χ4n) is 2.07. The Morgan fingerprint density at radius 3 is 2.21 bits per heavy atom. The van der Waals surface area contributed by atoms with Crippen LogP contribution in [0.2, 0.25) is 0 Å². The lowest BCUT2D eigenvalue weighted by atomic mass is 10.1. The third kappa shape index (κ3) is 3.08. The van der Waals surface area contributed by atoms with Crippen LogP contribution in [0.25, 0.3) is 21.7 Å². The Morgan fingerprint density at radius 1 is 0.842 bits per heavy atom. The van der Waals surface area contributed by atoms with Gasteiger partial charge in [0.05, 0.1) is 0 Å². The van der Waals surface area contributed by atoms with Crippen LogP contribution in [0.15, 0.2) is 36.4 Å². The molecule has 0 atom stereocenters. The number of aromatic amines is 1. The van der Waals surface area contributed by atoms with Crippen LogP contribution >= 0.6 is 0 Å². The minimum atomic E-state index is 0.314. The molecule has 0 aliphatic heterocycles. The van der Waals surface area contributed by atoms with Gasteiger partial charge in [0.15, 0.2) is 0 Å². The van der Waals surface area contributed by atoms with E-state index in [-0.39, 0.29) is 0 Å². The van der Waals surface area contributed by atoms with Crippen LogP contribution in [0.3, 0.4) is 0 Å². The van der Waals surface area contributed by atoms with E-state index < -0.39 is 0 Å². The number of phenolic OH excluding ortho intramolecular Hbond substituents is 1. The molecule has 0 aliphatic rings. The second-order valence-corrected chi connectivity index (χ2v) is 3.88. The minimum Gasteiger partial charge on any atom is -0.508 e. The zero-order valence-electron chi connectivity index (χ0n) is 12.4. The molecule has 2 nitrogen and oxygen atoms in total. The fourth-order valence-corrected chi connectivity index (χ4v) is 2.07. The maximum Gasteiger partial charge on any atom is 0.116 e. The van der Waals surface area contributed by atoms with Gasteiger partial charge in [0, 0.05) is 16.6 Å². The van der Waals surface area contributed by atoms with E-state index in [1.165, 1.54) is 10.8 Å². The third-order valence-corrected chi connectivity index (χ3v) is 2.74. The second kappa shape index (κ2) is 6.83. The second-order valence-electron chi connectivity index (χ2n) is 3.88. The zero-order valence-corrected chi connectivity index (χ0v) is 12.4. The van der Waals surface area contributed by atoms with Crippen molar-refractivity contribution in [2.24, 2.45) is 0 Å². The van der Waals surface area contributed by atoms with Crippen molar-refractivity contribution in [1.82, 2.24) is 4.98 Å². The van der Waals surface area contributed by atoms with E-state index in [1.54, 1.807) is 12.1 Å². The maximum atomic E-state index is 9.40.